The van der Waals surface area contributed by atoms with E-state index >= 15 is 0 Å². The highest BCUT2D eigenvalue weighted by molar-refractivity contribution is 5.90. The van der Waals surface area contributed by atoms with E-state index in [2.05, 4.69) is 0 Å². The smallest absolute Gasteiger partial charge is 0.241 e. The van der Waals surface area contributed by atoms with E-state index in [9.17, 15) is 14.4 Å². The molecule has 4 N–H and O–H groups in total. The average molecular weight is 258 g/mol. The molecule has 0 saturated carbocycles. The van der Waals surface area contributed by atoms with Gasteiger partial charge in [0.1, 0.15) is 0 Å². The van der Waals surface area contributed by atoms with E-state index in [0.29, 0.717) is 13.0 Å². The summed E-state index contributed by atoms with van der Waals surface area (Å²) in [7, 11) is 3.22. The van der Waals surface area contributed by atoms with Gasteiger partial charge >= 0.3 is 0 Å². The summed E-state index contributed by atoms with van der Waals surface area (Å²) in [6, 6.07) is -0.982. The Bertz CT molecular complexity index is 317. The largest absolute Gasteiger partial charge is 0.370 e. The van der Waals surface area contributed by atoms with E-state index in [4.69, 9.17) is 11.5 Å². The number of nitrogens with zero attached hydrogens (tertiary/aromatic N) is 2. The molecule has 0 rings (SSSR count). The molecule has 0 radical (unpaired) electrons. The second kappa shape index (κ2) is 7.65. The fourth-order valence-electron chi connectivity index (χ4n) is 1.38. The number of nitrogens with two attached hydrogens (primary N) is 2. The van der Waals surface area contributed by atoms with Crippen molar-refractivity contribution in [1.82, 2.24) is 9.80 Å². The van der Waals surface area contributed by atoms with E-state index in [1.807, 2.05) is 6.92 Å². The van der Waals surface area contributed by atoms with Crippen molar-refractivity contribution in [2.45, 2.75) is 25.8 Å². The minimum Gasteiger partial charge on any atom is -0.370 e. The Kier molecular flexibility index (Phi) is 6.96. The maximum Gasteiger partial charge on any atom is 0.241 e. The molecule has 7 heteroatoms. The van der Waals surface area contributed by atoms with Gasteiger partial charge in [-0.15, -0.1) is 0 Å². The molecule has 0 heterocycles. The quantitative estimate of drug-likeness (QED) is 0.580. The lowest BCUT2D eigenvalue weighted by molar-refractivity contribution is -0.140. The summed E-state index contributed by atoms with van der Waals surface area (Å²) in [6.07, 6.45) is 0.491. The molecule has 0 aliphatic rings. The van der Waals surface area contributed by atoms with Crippen LogP contribution in [0.25, 0.3) is 0 Å². The zero-order valence-electron chi connectivity index (χ0n) is 11.2. The maximum atomic E-state index is 11.9. The summed E-state index contributed by atoms with van der Waals surface area (Å²) in [5.41, 5.74) is 10.6. The van der Waals surface area contributed by atoms with Gasteiger partial charge in [-0.1, -0.05) is 6.92 Å². The zero-order valence-corrected chi connectivity index (χ0v) is 11.2. The van der Waals surface area contributed by atoms with Gasteiger partial charge in [0, 0.05) is 20.6 Å². The number of rotatable bonds is 7. The van der Waals surface area contributed by atoms with Crippen LogP contribution in [-0.4, -0.2) is 60.7 Å². The topological polar surface area (TPSA) is 110 Å². The second-order valence-corrected chi connectivity index (χ2v) is 4.32. The van der Waals surface area contributed by atoms with Crippen molar-refractivity contribution in [3.63, 3.8) is 0 Å². The Morgan fingerprint density at radius 1 is 1.22 bits per heavy atom. The lowest BCUT2D eigenvalue weighted by atomic mass is 10.2. The molecule has 3 amide bonds. The van der Waals surface area contributed by atoms with Crippen LogP contribution in [-0.2, 0) is 14.4 Å². The van der Waals surface area contributed by atoms with Crippen molar-refractivity contribution in [1.29, 1.82) is 0 Å². The lowest BCUT2D eigenvalue weighted by Gasteiger charge is -2.25. The fraction of sp³-hybridized carbons (Fsp3) is 0.727. The van der Waals surface area contributed by atoms with Gasteiger partial charge in [0.25, 0.3) is 0 Å². The monoisotopic (exact) mass is 258 g/mol. The van der Waals surface area contributed by atoms with Gasteiger partial charge in [-0.25, -0.2) is 0 Å². The Hall–Kier alpha value is -1.63. The number of hydrogen-bond donors (Lipinski definition) is 2. The van der Waals surface area contributed by atoms with Gasteiger partial charge in [-0.05, 0) is 6.42 Å². The highest BCUT2D eigenvalue weighted by Gasteiger charge is 2.24. The van der Waals surface area contributed by atoms with Crippen molar-refractivity contribution >= 4 is 17.7 Å². The van der Waals surface area contributed by atoms with Crippen LogP contribution in [0.3, 0.4) is 0 Å². The molecule has 0 aromatic rings. The van der Waals surface area contributed by atoms with Gasteiger partial charge in [0.05, 0.1) is 19.0 Å². The van der Waals surface area contributed by atoms with Crippen molar-refractivity contribution in [2.75, 3.05) is 27.2 Å². The molecule has 0 aromatic carbocycles. The van der Waals surface area contributed by atoms with Crippen LogP contribution >= 0.6 is 0 Å². The molecular formula is C11H22N4O3. The number of amides is 3. The van der Waals surface area contributed by atoms with Crippen LogP contribution in [0.2, 0.25) is 0 Å². The SMILES string of the molecule is CCCN(CC(=O)N(C)C)C(=O)C(N)CC(N)=O. The minimum atomic E-state index is -0.982. The van der Waals surface area contributed by atoms with E-state index in [0.717, 1.165) is 0 Å². The number of hydrogen-bond acceptors (Lipinski definition) is 4. The first-order chi connectivity index (χ1) is 8.29. The summed E-state index contributed by atoms with van der Waals surface area (Å²) in [6.45, 7) is 2.27. The molecule has 18 heavy (non-hydrogen) atoms. The highest BCUT2D eigenvalue weighted by Crippen LogP contribution is 2.00. The van der Waals surface area contributed by atoms with Crippen molar-refractivity contribution < 1.29 is 14.4 Å². The Labute approximate surface area is 107 Å². The molecular weight excluding hydrogens is 236 g/mol. The third-order valence-electron chi connectivity index (χ3n) is 2.37. The molecule has 0 fully saturated rings. The minimum absolute atomic E-state index is 0.0356. The first-order valence-corrected chi connectivity index (χ1v) is 5.82. The standard InChI is InChI=1S/C11H22N4O3/c1-4-5-15(7-10(17)14(2)3)11(18)8(12)6-9(13)16/h8H,4-7,12H2,1-3H3,(H2,13,16). The fourth-order valence-corrected chi connectivity index (χ4v) is 1.38. The van der Waals surface area contributed by atoms with E-state index in [1.54, 1.807) is 14.1 Å². The first kappa shape index (κ1) is 16.4. The Balaban J connectivity index is 4.62. The third kappa shape index (κ3) is 5.62. The first-order valence-electron chi connectivity index (χ1n) is 5.82. The summed E-state index contributed by atoms with van der Waals surface area (Å²) < 4.78 is 0. The molecule has 0 aliphatic heterocycles. The summed E-state index contributed by atoms with van der Waals surface area (Å²) in [5, 5.41) is 0. The molecule has 0 saturated heterocycles. The number of likely N-dealkylation sites (N-methyl/N-ethyl adjacent to an activating group) is 1. The number of carbonyl (C=O) groups excluding carboxylic acids is 3. The zero-order chi connectivity index (χ0) is 14.3. The van der Waals surface area contributed by atoms with Crippen LogP contribution in [0.5, 0.6) is 0 Å². The van der Waals surface area contributed by atoms with Crippen LogP contribution in [0.15, 0.2) is 0 Å². The molecule has 0 aromatic heterocycles. The predicted molar refractivity (Wildman–Crippen MR) is 67.4 cm³/mol. The third-order valence-corrected chi connectivity index (χ3v) is 2.37. The summed E-state index contributed by atoms with van der Waals surface area (Å²) in [5.74, 6) is -1.25. The lowest BCUT2D eigenvalue weighted by Crippen LogP contribution is -2.49. The number of primary amides is 1. The molecule has 7 nitrogen and oxygen atoms in total. The normalized spacial score (nSPS) is 11.8. The van der Waals surface area contributed by atoms with Gasteiger partial charge in [0.2, 0.25) is 17.7 Å². The van der Waals surface area contributed by atoms with Crippen LogP contribution in [0.1, 0.15) is 19.8 Å². The van der Waals surface area contributed by atoms with Crippen molar-refractivity contribution in [3.8, 4) is 0 Å². The Morgan fingerprint density at radius 2 is 1.78 bits per heavy atom. The molecule has 0 bridgehead atoms. The van der Waals surface area contributed by atoms with Crippen LogP contribution in [0, 0.1) is 0 Å². The predicted octanol–water partition coefficient (Wildman–Crippen LogP) is -1.48. The van der Waals surface area contributed by atoms with Crippen LogP contribution in [0.4, 0.5) is 0 Å². The Morgan fingerprint density at radius 3 is 2.17 bits per heavy atom. The van der Waals surface area contributed by atoms with Crippen LogP contribution < -0.4 is 11.5 Å². The van der Waals surface area contributed by atoms with Gasteiger partial charge in [-0.2, -0.15) is 0 Å². The van der Waals surface area contributed by atoms with E-state index in [-0.39, 0.29) is 18.9 Å². The van der Waals surface area contributed by atoms with Gasteiger partial charge < -0.3 is 21.3 Å². The molecule has 0 aliphatic carbocycles. The van der Waals surface area contributed by atoms with E-state index < -0.39 is 17.9 Å². The molecule has 1 atom stereocenters. The number of carbonyl (C=O) groups is 3. The molecule has 1 unspecified atom stereocenters. The van der Waals surface area contributed by atoms with Crippen molar-refractivity contribution in [2.24, 2.45) is 11.5 Å². The summed E-state index contributed by atoms with van der Waals surface area (Å²) >= 11 is 0. The highest BCUT2D eigenvalue weighted by atomic mass is 16.2. The van der Waals surface area contributed by atoms with Gasteiger partial charge in [0.15, 0.2) is 0 Å². The molecule has 104 valence electrons. The average Bonchev–Trinajstić information content (AvgIpc) is 2.26. The van der Waals surface area contributed by atoms with Crippen molar-refractivity contribution in [3.05, 3.63) is 0 Å². The van der Waals surface area contributed by atoms with Gasteiger partial charge in [-0.3, -0.25) is 14.4 Å². The maximum absolute atomic E-state index is 11.9. The summed E-state index contributed by atoms with van der Waals surface area (Å²) in [4.78, 5) is 37.0. The second-order valence-electron chi connectivity index (χ2n) is 4.32. The molecule has 0 spiro atoms. The van der Waals surface area contributed by atoms with E-state index in [1.165, 1.54) is 9.80 Å².